The third-order valence-corrected chi connectivity index (χ3v) is 17.1. The lowest BCUT2D eigenvalue weighted by Crippen LogP contribution is -2.45. The molecule has 0 aromatic carbocycles. The molecule has 464 valence electrons. The quantitative estimate of drug-likeness (QED) is 0.0320. The van der Waals surface area contributed by atoms with E-state index in [0.717, 1.165) is 44.9 Å². The van der Waals surface area contributed by atoms with Crippen molar-refractivity contribution in [3.8, 4) is 0 Å². The summed E-state index contributed by atoms with van der Waals surface area (Å²) in [5.74, 6) is -0.0174. The van der Waals surface area contributed by atoms with Crippen LogP contribution >= 0.6 is 0 Å². The fraction of sp³-hybridized carbons (Fsp3) is 0.944. The molecule has 0 fully saturated rings. The van der Waals surface area contributed by atoms with Crippen molar-refractivity contribution in [3.63, 3.8) is 0 Å². The highest BCUT2D eigenvalue weighted by Crippen LogP contribution is 2.19. The number of carbonyl (C=O) groups excluding carboxylic acids is 2. The highest BCUT2D eigenvalue weighted by molar-refractivity contribution is 5.76. The van der Waals surface area contributed by atoms with Crippen molar-refractivity contribution >= 4 is 11.9 Å². The predicted octanol–water partition coefficient (Wildman–Crippen LogP) is 23.1. The van der Waals surface area contributed by atoms with Gasteiger partial charge in [-0.15, -0.1) is 0 Å². The van der Waals surface area contributed by atoms with Crippen molar-refractivity contribution in [2.75, 3.05) is 13.2 Å². The second-order valence-corrected chi connectivity index (χ2v) is 24.9. The van der Waals surface area contributed by atoms with E-state index in [-0.39, 0.29) is 18.5 Å². The molecule has 0 heterocycles. The minimum atomic E-state index is -0.663. The number of hydrogen-bond acceptors (Lipinski definition) is 5. The first-order valence-corrected chi connectivity index (χ1v) is 35.9. The Balaban J connectivity index is 3.35. The van der Waals surface area contributed by atoms with Crippen molar-refractivity contribution in [3.05, 3.63) is 12.2 Å². The van der Waals surface area contributed by atoms with Crippen molar-refractivity contribution in [1.29, 1.82) is 0 Å². The molecule has 0 aliphatic heterocycles. The fourth-order valence-electron chi connectivity index (χ4n) is 11.6. The Bertz CT molecular complexity index is 1180. The van der Waals surface area contributed by atoms with E-state index in [1.54, 1.807) is 0 Å². The zero-order valence-electron chi connectivity index (χ0n) is 53.2. The molecule has 0 aromatic heterocycles. The van der Waals surface area contributed by atoms with Gasteiger partial charge in [0.15, 0.2) is 0 Å². The largest absolute Gasteiger partial charge is 0.466 e. The van der Waals surface area contributed by atoms with Gasteiger partial charge in [-0.3, -0.25) is 9.59 Å². The monoisotopic (exact) mass is 1100 g/mol. The van der Waals surface area contributed by atoms with E-state index in [4.69, 9.17) is 4.74 Å². The van der Waals surface area contributed by atoms with Gasteiger partial charge in [0, 0.05) is 12.8 Å². The Labute approximate surface area is 489 Å². The minimum absolute atomic E-state index is 0.00984. The zero-order chi connectivity index (χ0) is 56.4. The maximum absolute atomic E-state index is 12.5. The van der Waals surface area contributed by atoms with Gasteiger partial charge in [-0.05, 0) is 51.4 Å². The summed E-state index contributed by atoms with van der Waals surface area (Å²) in [7, 11) is 0. The molecular weight excluding hydrogens is 959 g/mol. The molecule has 2 atom stereocenters. The van der Waals surface area contributed by atoms with Gasteiger partial charge in [0.1, 0.15) is 0 Å². The molecule has 0 rings (SSSR count). The van der Waals surface area contributed by atoms with E-state index in [0.29, 0.717) is 25.9 Å². The summed E-state index contributed by atoms with van der Waals surface area (Å²) in [6.07, 6.45) is 84.1. The lowest BCUT2D eigenvalue weighted by molar-refractivity contribution is -0.143. The minimum Gasteiger partial charge on any atom is -0.466 e. The van der Waals surface area contributed by atoms with Gasteiger partial charge in [-0.1, -0.05) is 360 Å². The molecule has 0 aromatic rings. The smallest absolute Gasteiger partial charge is 0.305 e. The number of rotatable bonds is 68. The van der Waals surface area contributed by atoms with E-state index >= 15 is 0 Å². The van der Waals surface area contributed by atoms with Crippen LogP contribution in [0.25, 0.3) is 0 Å². The number of aliphatic hydroxyl groups excluding tert-OH is 2. The third-order valence-electron chi connectivity index (χ3n) is 17.1. The summed E-state index contributed by atoms with van der Waals surface area (Å²) < 4.78 is 5.48. The fourth-order valence-corrected chi connectivity index (χ4v) is 11.6. The first-order valence-electron chi connectivity index (χ1n) is 35.9. The van der Waals surface area contributed by atoms with Crippen LogP contribution in [-0.2, 0) is 14.3 Å². The Hall–Kier alpha value is -1.40. The summed E-state index contributed by atoms with van der Waals surface area (Å²) in [6.45, 7) is 4.98. The molecule has 0 saturated heterocycles. The van der Waals surface area contributed by atoms with Crippen molar-refractivity contribution in [1.82, 2.24) is 5.32 Å². The number of allylic oxidation sites excluding steroid dienone is 2. The number of hydrogen-bond donors (Lipinski definition) is 3. The molecule has 78 heavy (non-hydrogen) atoms. The number of esters is 1. The molecule has 3 N–H and O–H groups in total. The highest BCUT2D eigenvalue weighted by atomic mass is 16.5. The molecule has 0 aliphatic carbocycles. The third kappa shape index (κ3) is 63.8. The van der Waals surface area contributed by atoms with Gasteiger partial charge in [-0.2, -0.15) is 0 Å². The predicted molar refractivity (Wildman–Crippen MR) is 343 cm³/mol. The molecule has 2 unspecified atom stereocenters. The molecule has 0 aliphatic rings. The van der Waals surface area contributed by atoms with Crippen LogP contribution in [0.2, 0.25) is 0 Å². The lowest BCUT2D eigenvalue weighted by Gasteiger charge is -2.22. The number of carbonyl (C=O) groups is 2. The van der Waals surface area contributed by atoms with Crippen LogP contribution in [0.3, 0.4) is 0 Å². The van der Waals surface area contributed by atoms with E-state index < -0.39 is 12.1 Å². The van der Waals surface area contributed by atoms with E-state index in [9.17, 15) is 19.8 Å². The van der Waals surface area contributed by atoms with Gasteiger partial charge in [0.05, 0.1) is 25.4 Å². The van der Waals surface area contributed by atoms with E-state index in [1.807, 2.05) is 0 Å². The molecule has 0 saturated carbocycles. The Morgan fingerprint density at radius 3 is 0.923 bits per heavy atom. The molecule has 0 spiro atoms. The van der Waals surface area contributed by atoms with Gasteiger partial charge in [0.2, 0.25) is 5.91 Å². The van der Waals surface area contributed by atoms with Crippen molar-refractivity contribution in [2.45, 2.75) is 424 Å². The summed E-state index contributed by atoms with van der Waals surface area (Å²) in [5.41, 5.74) is 0. The highest BCUT2D eigenvalue weighted by Gasteiger charge is 2.20. The van der Waals surface area contributed by atoms with Crippen LogP contribution < -0.4 is 5.32 Å². The average molecular weight is 1100 g/mol. The van der Waals surface area contributed by atoms with Crippen LogP contribution in [0.5, 0.6) is 0 Å². The lowest BCUT2D eigenvalue weighted by atomic mass is 10.0. The van der Waals surface area contributed by atoms with Crippen molar-refractivity contribution < 1.29 is 24.5 Å². The Morgan fingerprint density at radius 2 is 0.603 bits per heavy atom. The van der Waals surface area contributed by atoms with Crippen LogP contribution in [0.4, 0.5) is 0 Å². The first-order chi connectivity index (χ1) is 38.5. The molecule has 1 amide bonds. The van der Waals surface area contributed by atoms with E-state index in [2.05, 4.69) is 31.3 Å². The Kier molecular flexibility index (Phi) is 66.9. The van der Waals surface area contributed by atoms with Gasteiger partial charge in [0.25, 0.3) is 0 Å². The molecule has 6 nitrogen and oxygen atoms in total. The molecule has 0 bridgehead atoms. The van der Waals surface area contributed by atoms with E-state index in [1.165, 1.54) is 334 Å². The first kappa shape index (κ1) is 76.6. The summed E-state index contributed by atoms with van der Waals surface area (Å²) >= 11 is 0. The van der Waals surface area contributed by atoms with Crippen LogP contribution in [0.1, 0.15) is 412 Å². The number of ether oxygens (including phenoxy) is 1. The van der Waals surface area contributed by atoms with Crippen molar-refractivity contribution in [2.24, 2.45) is 0 Å². The maximum atomic E-state index is 12.5. The molecule has 6 heteroatoms. The summed E-state index contributed by atoms with van der Waals surface area (Å²) in [4.78, 5) is 24.6. The summed E-state index contributed by atoms with van der Waals surface area (Å²) in [6, 6.07) is -0.540. The average Bonchev–Trinajstić information content (AvgIpc) is 3.44. The maximum Gasteiger partial charge on any atom is 0.305 e. The van der Waals surface area contributed by atoms with Crippen LogP contribution in [0.15, 0.2) is 12.2 Å². The number of nitrogens with one attached hydrogen (secondary N) is 1. The summed E-state index contributed by atoms with van der Waals surface area (Å²) in [5, 5.41) is 23.4. The van der Waals surface area contributed by atoms with Gasteiger partial charge >= 0.3 is 5.97 Å². The topological polar surface area (TPSA) is 95.9 Å². The van der Waals surface area contributed by atoms with Gasteiger partial charge in [-0.25, -0.2) is 0 Å². The number of aliphatic hydroxyl groups is 2. The second kappa shape index (κ2) is 68.1. The normalized spacial score (nSPS) is 12.5. The zero-order valence-corrected chi connectivity index (χ0v) is 53.2. The molecule has 0 radical (unpaired) electrons. The second-order valence-electron chi connectivity index (χ2n) is 24.9. The Morgan fingerprint density at radius 1 is 0.346 bits per heavy atom. The number of amides is 1. The SMILES string of the molecule is CCCCCC/C=C\CCCCCCCC(=O)OCCCCCCCCCCCCCCCCCCCCCCCCCCCCCC(=O)NC(CO)C(O)CCCCCCCCCCCCCCCCCCCCCCC. The van der Waals surface area contributed by atoms with Gasteiger partial charge < -0.3 is 20.3 Å². The van der Waals surface area contributed by atoms with Crippen LogP contribution in [-0.4, -0.2) is 47.4 Å². The van der Waals surface area contributed by atoms with Crippen LogP contribution in [0, 0.1) is 0 Å². The number of unbranched alkanes of at least 4 members (excludes halogenated alkanes) is 55. The molecular formula is C72H141NO5. The standard InChI is InChI=1S/C72H141NO5/c1-3-5-7-9-11-13-15-17-18-19-20-28-31-34-37-41-44-48-52-56-60-64-70(75)69(68-74)73-71(76)65-61-57-53-49-45-42-38-35-32-29-26-24-22-21-23-25-27-30-33-36-39-43-47-51-55-59-63-67-78-72(77)66-62-58-54-50-46-40-16-14-12-10-8-6-4-2/h14,16,69-70,74-75H,3-13,15,17-68H2,1-2H3,(H,73,76)/b16-14-.